The van der Waals surface area contributed by atoms with E-state index in [9.17, 15) is 14.4 Å². The zero-order valence-electron chi connectivity index (χ0n) is 17.9. The largest absolute Gasteiger partial charge is 0.379 e. The minimum atomic E-state index is -0.589. The van der Waals surface area contributed by atoms with Crippen LogP contribution in [0.1, 0.15) is 40.7 Å². The molecule has 1 saturated heterocycles. The van der Waals surface area contributed by atoms with Crippen LogP contribution in [0.15, 0.2) is 30.6 Å². The second-order valence-corrected chi connectivity index (χ2v) is 7.84. The highest BCUT2D eigenvalue weighted by Gasteiger charge is 2.39. The third-order valence-corrected chi connectivity index (χ3v) is 5.72. The Balaban J connectivity index is 1.19. The molecule has 1 unspecified atom stereocenters. The number of rotatable bonds is 11. The van der Waals surface area contributed by atoms with Crippen LogP contribution in [-0.2, 0) is 38.6 Å². The first-order chi connectivity index (χ1) is 15.6. The summed E-state index contributed by atoms with van der Waals surface area (Å²) in [6.07, 6.45) is 5.65. The Kier molecular flexibility index (Phi) is 7.23. The molecule has 10 nitrogen and oxygen atoms in total. The van der Waals surface area contributed by atoms with Gasteiger partial charge in [-0.05, 0) is 36.5 Å². The molecule has 170 valence electrons. The van der Waals surface area contributed by atoms with Gasteiger partial charge < -0.3 is 14.4 Å². The van der Waals surface area contributed by atoms with Gasteiger partial charge in [0.1, 0.15) is 6.04 Å². The van der Waals surface area contributed by atoms with Crippen molar-refractivity contribution >= 4 is 17.7 Å². The molecule has 1 atom stereocenters. The molecule has 1 aromatic heterocycles. The quantitative estimate of drug-likeness (QED) is 0.403. The molecule has 0 saturated carbocycles. The number of carbonyl (C=O) groups excluding carboxylic acids is 3. The van der Waals surface area contributed by atoms with E-state index in [1.165, 1.54) is 0 Å². The number of aryl methyl sites for hydroxylation is 1. The molecule has 3 amide bonds. The zero-order chi connectivity index (χ0) is 22.3. The van der Waals surface area contributed by atoms with E-state index in [0.717, 1.165) is 24.0 Å². The second-order valence-electron chi connectivity index (χ2n) is 7.84. The highest BCUT2D eigenvalue weighted by atomic mass is 16.5. The van der Waals surface area contributed by atoms with E-state index in [0.29, 0.717) is 51.5 Å². The third-order valence-electron chi connectivity index (χ3n) is 5.72. The summed E-state index contributed by atoms with van der Waals surface area (Å²) in [5, 5.41) is 9.94. The molecule has 10 heteroatoms. The van der Waals surface area contributed by atoms with Crippen LogP contribution in [0.2, 0.25) is 0 Å². The SMILES string of the molecule is O=C1CCC(N2Cc3c(CCCOCCOCCn4ccnn4)cccc3C2=O)C(=O)N1. The summed E-state index contributed by atoms with van der Waals surface area (Å²) in [6.45, 7) is 3.25. The molecule has 2 aliphatic rings. The minimum Gasteiger partial charge on any atom is -0.379 e. The Morgan fingerprint density at radius 2 is 1.94 bits per heavy atom. The van der Waals surface area contributed by atoms with Gasteiger partial charge in [0, 0.05) is 31.3 Å². The van der Waals surface area contributed by atoms with E-state index in [2.05, 4.69) is 15.6 Å². The molecule has 32 heavy (non-hydrogen) atoms. The average Bonchev–Trinajstić information content (AvgIpc) is 3.41. The van der Waals surface area contributed by atoms with Crippen molar-refractivity contribution < 1.29 is 23.9 Å². The normalized spacial score (nSPS) is 18.2. The van der Waals surface area contributed by atoms with Gasteiger partial charge in [-0.1, -0.05) is 17.3 Å². The van der Waals surface area contributed by atoms with Crippen molar-refractivity contribution in [3.05, 3.63) is 47.3 Å². The van der Waals surface area contributed by atoms with E-state index in [4.69, 9.17) is 9.47 Å². The van der Waals surface area contributed by atoms with E-state index in [-0.39, 0.29) is 24.1 Å². The molecule has 2 aromatic rings. The third kappa shape index (κ3) is 5.20. The predicted molar refractivity (Wildman–Crippen MR) is 112 cm³/mol. The van der Waals surface area contributed by atoms with Crippen LogP contribution < -0.4 is 5.32 Å². The van der Waals surface area contributed by atoms with E-state index < -0.39 is 6.04 Å². The van der Waals surface area contributed by atoms with Crippen molar-refractivity contribution in [3.8, 4) is 0 Å². The van der Waals surface area contributed by atoms with Crippen LogP contribution in [0.4, 0.5) is 0 Å². The fraction of sp³-hybridized carbons (Fsp3) is 0.500. The Hall–Kier alpha value is -3.11. The number of hydrogen-bond donors (Lipinski definition) is 1. The van der Waals surface area contributed by atoms with Crippen molar-refractivity contribution in [2.24, 2.45) is 0 Å². The summed E-state index contributed by atoms with van der Waals surface area (Å²) < 4.78 is 12.9. The minimum absolute atomic E-state index is 0.143. The molecular formula is C22H27N5O5. The molecule has 0 aliphatic carbocycles. The average molecular weight is 441 g/mol. The smallest absolute Gasteiger partial charge is 0.255 e. The maximum atomic E-state index is 12.9. The van der Waals surface area contributed by atoms with Crippen LogP contribution in [-0.4, -0.2) is 70.1 Å². The molecule has 0 bridgehead atoms. The summed E-state index contributed by atoms with van der Waals surface area (Å²) in [5.41, 5.74) is 2.71. The Morgan fingerprint density at radius 1 is 1.09 bits per heavy atom. The van der Waals surface area contributed by atoms with Crippen LogP contribution in [0.3, 0.4) is 0 Å². The molecule has 1 aromatic carbocycles. The molecule has 4 rings (SSSR count). The number of hydrogen-bond acceptors (Lipinski definition) is 7. The number of fused-ring (bicyclic) bond motifs is 1. The number of amides is 3. The van der Waals surface area contributed by atoms with E-state index in [1.54, 1.807) is 28.0 Å². The molecule has 1 N–H and O–H groups in total. The highest BCUT2D eigenvalue weighted by Crippen LogP contribution is 2.30. The standard InChI is InChI=1S/C22H27N5O5/c28-20-7-6-19(21(29)24-20)27-15-18-16(3-1-5-17(18)22(27)30)4-2-11-31-13-14-32-12-10-26-9-8-23-25-26/h1,3,5,8-9,19H,2,4,6-7,10-15H2,(H,24,28,29). The van der Waals surface area contributed by atoms with Gasteiger partial charge in [0.15, 0.2) is 0 Å². The van der Waals surface area contributed by atoms with Crippen molar-refractivity contribution in [1.29, 1.82) is 0 Å². The maximum Gasteiger partial charge on any atom is 0.255 e. The molecule has 0 spiro atoms. The van der Waals surface area contributed by atoms with Gasteiger partial charge in [0.25, 0.3) is 5.91 Å². The predicted octanol–water partition coefficient (Wildman–Crippen LogP) is 0.705. The summed E-state index contributed by atoms with van der Waals surface area (Å²) in [4.78, 5) is 38.1. The summed E-state index contributed by atoms with van der Waals surface area (Å²) in [7, 11) is 0. The van der Waals surface area contributed by atoms with Crippen molar-refractivity contribution in [2.45, 2.75) is 44.8 Å². The molecule has 3 heterocycles. The fourth-order valence-corrected chi connectivity index (χ4v) is 4.08. The van der Waals surface area contributed by atoms with E-state index in [1.807, 2.05) is 12.1 Å². The van der Waals surface area contributed by atoms with Crippen molar-refractivity contribution in [3.63, 3.8) is 0 Å². The lowest BCUT2D eigenvalue weighted by molar-refractivity contribution is -0.136. The highest BCUT2D eigenvalue weighted by molar-refractivity contribution is 6.05. The van der Waals surface area contributed by atoms with Gasteiger partial charge in [0.05, 0.1) is 32.6 Å². The van der Waals surface area contributed by atoms with Gasteiger partial charge in [-0.2, -0.15) is 0 Å². The van der Waals surface area contributed by atoms with Gasteiger partial charge in [0.2, 0.25) is 11.8 Å². The first kappa shape index (κ1) is 22.1. The lowest BCUT2D eigenvalue weighted by atomic mass is 10.00. The van der Waals surface area contributed by atoms with Gasteiger partial charge >= 0.3 is 0 Å². The van der Waals surface area contributed by atoms with Crippen LogP contribution >= 0.6 is 0 Å². The molecule has 2 aliphatic heterocycles. The Morgan fingerprint density at radius 3 is 2.72 bits per heavy atom. The van der Waals surface area contributed by atoms with Gasteiger partial charge in [-0.15, -0.1) is 5.10 Å². The number of nitrogens with zero attached hydrogens (tertiary/aromatic N) is 4. The Bertz CT molecular complexity index is 962. The summed E-state index contributed by atoms with van der Waals surface area (Å²) in [6, 6.07) is 5.12. The van der Waals surface area contributed by atoms with Crippen LogP contribution in [0.5, 0.6) is 0 Å². The van der Waals surface area contributed by atoms with Gasteiger partial charge in [-0.3, -0.25) is 24.4 Å². The first-order valence-electron chi connectivity index (χ1n) is 10.9. The zero-order valence-corrected chi connectivity index (χ0v) is 17.9. The van der Waals surface area contributed by atoms with Crippen molar-refractivity contribution in [2.75, 3.05) is 26.4 Å². The lowest BCUT2D eigenvalue weighted by Crippen LogP contribution is -2.52. The number of benzene rings is 1. The fourth-order valence-electron chi connectivity index (χ4n) is 4.08. The number of nitrogens with one attached hydrogen (secondary N) is 1. The first-order valence-corrected chi connectivity index (χ1v) is 10.9. The van der Waals surface area contributed by atoms with Crippen LogP contribution in [0, 0.1) is 0 Å². The van der Waals surface area contributed by atoms with E-state index >= 15 is 0 Å². The van der Waals surface area contributed by atoms with Gasteiger partial charge in [-0.25, -0.2) is 0 Å². The number of piperidine rings is 1. The number of ether oxygens (including phenoxy) is 2. The molecule has 0 radical (unpaired) electrons. The Labute approximate surface area is 185 Å². The molecular weight excluding hydrogens is 414 g/mol. The molecule has 1 fully saturated rings. The second kappa shape index (κ2) is 10.5. The number of aromatic nitrogens is 3. The lowest BCUT2D eigenvalue weighted by Gasteiger charge is -2.29. The van der Waals surface area contributed by atoms with Crippen LogP contribution in [0.25, 0.3) is 0 Å². The number of imide groups is 1. The summed E-state index contributed by atoms with van der Waals surface area (Å²) in [5.74, 6) is -0.812. The topological polar surface area (TPSA) is 116 Å². The monoisotopic (exact) mass is 441 g/mol. The number of carbonyl (C=O) groups is 3. The van der Waals surface area contributed by atoms with Crippen molar-refractivity contribution in [1.82, 2.24) is 25.2 Å². The summed E-state index contributed by atoms with van der Waals surface area (Å²) >= 11 is 0. The maximum absolute atomic E-state index is 12.9.